The Morgan fingerprint density at radius 1 is 0.917 bits per heavy atom. The minimum atomic E-state index is -0.0614. The highest BCUT2D eigenvalue weighted by Crippen LogP contribution is 2.28. The Morgan fingerprint density at radius 2 is 1.58 bits per heavy atom. The molecule has 0 aliphatic rings. The molecule has 0 heterocycles. The fraction of sp³-hybridized carbons (Fsp3) is 0.316. The van der Waals surface area contributed by atoms with Crippen LogP contribution in [0.4, 0.5) is 5.69 Å². The molecule has 2 aromatic carbocycles. The van der Waals surface area contributed by atoms with Crippen molar-refractivity contribution < 1.29 is 19.0 Å². The number of methoxy groups -OCH3 is 3. The van der Waals surface area contributed by atoms with Crippen LogP contribution in [0, 0.1) is 6.92 Å². The van der Waals surface area contributed by atoms with Gasteiger partial charge in [0, 0.05) is 6.42 Å². The Hall–Kier alpha value is -2.69. The number of carbonyl (C=O) groups is 1. The second kappa shape index (κ2) is 8.24. The third-order valence-electron chi connectivity index (χ3n) is 3.72. The van der Waals surface area contributed by atoms with E-state index in [4.69, 9.17) is 14.2 Å². The summed E-state index contributed by atoms with van der Waals surface area (Å²) in [5.41, 5.74) is 2.76. The quantitative estimate of drug-likeness (QED) is 0.843. The summed E-state index contributed by atoms with van der Waals surface area (Å²) in [7, 11) is 4.78. The molecule has 0 saturated heterocycles. The fourth-order valence-electron chi connectivity index (χ4n) is 2.43. The van der Waals surface area contributed by atoms with Gasteiger partial charge in [0.15, 0.2) is 11.5 Å². The third kappa shape index (κ3) is 4.41. The monoisotopic (exact) mass is 329 g/mol. The highest BCUT2D eigenvalue weighted by Gasteiger charge is 2.10. The average molecular weight is 329 g/mol. The van der Waals surface area contributed by atoms with E-state index in [1.807, 2.05) is 43.3 Å². The van der Waals surface area contributed by atoms with Crippen molar-refractivity contribution in [2.75, 3.05) is 26.6 Å². The zero-order valence-electron chi connectivity index (χ0n) is 14.5. The lowest BCUT2D eigenvalue weighted by molar-refractivity contribution is -0.116. The Labute approximate surface area is 142 Å². The van der Waals surface area contributed by atoms with E-state index < -0.39 is 0 Å². The molecule has 1 amide bonds. The summed E-state index contributed by atoms with van der Waals surface area (Å²) in [5, 5.41) is 2.90. The maximum absolute atomic E-state index is 12.2. The van der Waals surface area contributed by atoms with Gasteiger partial charge >= 0.3 is 0 Å². The lowest BCUT2D eigenvalue weighted by Gasteiger charge is -2.12. The van der Waals surface area contributed by atoms with Crippen LogP contribution in [0.1, 0.15) is 17.5 Å². The van der Waals surface area contributed by atoms with Crippen molar-refractivity contribution in [2.45, 2.75) is 19.8 Å². The van der Waals surface area contributed by atoms with E-state index >= 15 is 0 Å². The smallest absolute Gasteiger partial charge is 0.224 e. The number of carbonyl (C=O) groups excluding carboxylic acids is 1. The number of hydrogen-bond acceptors (Lipinski definition) is 4. The number of hydrogen-bond donors (Lipinski definition) is 1. The molecular weight excluding hydrogens is 306 g/mol. The maximum Gasteiger partial charge on any atom is 0.224 e. The molecule has 0 unspecified atom stereocenters. The molecule has 2 aromatic rings. The van der Waals surface area contributed by atoms with Crippen molar-refractivity contribution in [3.05, 3.63) is 47.5 Å². The molecule has 0 radical (unpaired) electrons. The second-order valence-electron chi connectivity index (χ2n) is 5.44. The molecule has 0 bridgehead atoms. The van der Waals surface area contributed by atoms with Crippen LogP contribution in [0.5, 0.6) is 17.2 Å². The number of nitrogens with one attached hydrogen (secondary N) is 1. The standard InChI is InChI=1S/C19H23NO4/c1-13-5-8-16(22-2)15(11-13)20-19(21)10-7-14-6-9-17(23-3)18(12-14)24-4/h5-6,8-9,11-12H,7,10H2,1-4H3,(H,20,21). The molecule has 0 aromatic heterocycles. The topological polar surface area (TPSA) is 56.8 Å². The predicted molar refractivity (Wildman–Crippen MR) is 94.2 cm³/mol. The van der Waals surface area contributed by atoms with Crippen molar-refractivity contribution in [1.82, 2.24) is 0 Å². The third-order valence-corrected chi connectivity index (χ3v) is 3.72. The van der Waals surface area contributed by atoms with Gasteiger partial charge in [0.1, 0.15) is 5.75 Å². The average Bonchev–Trinajstić information content (AvgIpc) is 2.59. The molecule has 0 saturated carbocycles. The van der Waals surface area contributed by atoms with Gasteiger partial charge in [0.2, 0.25) is 5.91 Å². The van der Waals surface area contributed by atoms with Crippen molar-refractivity contribution in [2.24, 2.45) is 0 Å². The minimum absolute atomic E-state index is 0.0614. The van der Waals surface area contributed by atoms with Crippen LogP contribution in [0.2, 0.25) is 0 Å². The first-order valence-corrected chi connectivity index (χ1v) is 7.72. The largest absolute Gasteiger partial charge is 0.495 e. The van der Waals surface area contributed by atoms with Crippen molar-refractivity contribution in [1.29, 1.82) is 0 Å². The maximum atomic E-state index is 12.2. The van der Waals surface area contributed by atoms with Gasteiger partial charge in [0.25, 0.3) is 0 Å². The molecular formula is C19H23NO4. The first-order valence-electron chi connectivity index (χ1n) is 7.72. The zero-order valence-corrected chi connectivity index (χ0v) is 14.5. The van der Waals surface area contributed by atoms with E-state index in [1.165, 1.54) is 0 Å². The summed E-state index contributed by atoms with van der Waals surface area (Å²) < 4.78 is 15.8. The number of rotatable bonds is 7. The Balaban J connectivity index is 2.00. The molecule has 5 heteroatoms. The van der Waals surface area contributed by atoms with Crippen molar-refractivity contribution in [3.8, 4) is 17.2 Å². The fourth-order valence-corrected chi connectivity index (χ4v) is 2.43. The molecule has 0 aliphatic carbocycles. The summed E-state index contributed by atoms with van der Waals surface area (Å²) >= 11 is 0. The molecule has 1 N–H and O–H groups in total. The van der Waals surface area contributed by atoms with E-state index in [2.05, 4.69) is 5.32 Å². The van der Waals surface area contributed by atoms with E-state index in [-0.39, 0.29) is 5.91 Å². The van der Waals surface area contributed by atoms with Crippen molar-refractivity contribution in [3.63, 3.8) is 0 Å². The van der Waals surface area contributed by atoms with Gasteiger partial charge in [-0.25, -0.2) is 0 Å². The van der Waals surface area contributed by atoms with Gasteiger partial charge in [0.05, 0.1) is 27.0 Å². The van der Waals surface area contributed by atoms with Gasteiger partial charge in [-0.2, -0.15) is 0 Å². The van der Waals surface area contributed by atoms with Crippen LogP contribution in [-0.4, -0.2) is 27.2 Å². The van der Waals surface area contributed by atoms with Gasteiger partial charge in [-0.1, -0.05) is 12.1 Å². The van der Waals surface area contributed by atoms with E-state index in [1.54, 1.807) is 21.3 Å². The van der Waals surface area contributed by atoms with E-state index in [9.17, 15) is 4.79 Å². The minimum Gasteiger partial charge on any atom is -0.495 e. The number of aryl methyl sites for hydroxylation is 2. The van der Waals surface area contributed by atoms with Crippen LogP contribution in [0.3, 0.4) is 0 Å². The summed E-state index contributed by atoms with van der Waals surface area (Å²) in [6.07, 6.45) is 0.979. The number of benzene rings is 2. The van der Waals surface area contributed by atoms with E-state index in [0.29, 0.717) is 35.8 Å². The van der Waals surface area contributed by atoms with Gasteiger partial charge < -0.3 is 19.5 Å². The molecule has 24 heavy (non-hydrogen) atoms. The second-order valence-corrected chi connectivity index (χ2v) is 5.44. The normalized spacial score (nSPS) is 10.2. The van der Waals surface area contributed by atoms with E-state index in [0.717, 1.165) is 11.1 Å². The van der Waals surface area contributed by atoms with Crippen molar-refractivity contribution >= 4 is 11.6 Å². The Morgan fingerprint density at radius 3 is 2.25 bits per heavy atom. The summed E-state index contributed by atoms with van der Waals surface area (Å²) in [4.78, 5) is 12.2. The highest BCUT2D eigenvalue weighted by molar-refractivity contribution is 5.92. The van der Waals surface area contributed by atoms with Gasteiger partial charge in [-0.15, -0.1) is 0 Å². The molecule has 0 aliphatic heterocycles. The van der Waals surface area contributed by atoms with Crippen LogP contribution >= 0.6 is 0 Å². The number of anilines is 1. The Kier molecular flexibility index (Phi) is 6.07. The summed E-state index contributed by atoms with van der Waals surface area (Å²) in [5.74, 6) is 1.93. The van der Waals surface area contributed by atoms with Gasteiger partial charge in [-0.3, -0.25) is 4.79 Å². The molecule has 0 fully saturated rings. The predicted octanol–water partition coefficient (Wildman–Crippen LogP) is 3.59. The molecule has 128 valence electrons. The molecule has 5 nitrogen and oxygen atoms in total. The lowest BCUT2D eigenvalue weighted by Crippen LogP contribution is -2.13. The van der Waals surface area contributed by atoms with Crippen LogP contribution in [-0.2, 0) is 11.2 Å². The Bertz CT molecular complexity index is 713. The van der Waals surface area contributed by atoms with Crippen LogP contribution < -0.4 is 19.5 Å². The summed E-state index contributed by atoms with van der Waals surface area (Å²) in [6.45, 7) is 1.97. The highest BCUT2D eigenvalue weighted by atomic mass is 16.5. The number of amides is 1. The lowest BCUT2D eigenvalue weighted by atomic mass is 10.1. The molecule has 0 atom stereocenters. The number of ether oxygens (including phenoxy) is 3. The van der Waals surface area contributed by atoms with Crippen LogP contribution in [0.15, 0.2) is 36.4 Å². The zero-order chi connectivity index (χ0) is 17.5. The molecule has 2 rings (SSSR count). The van der Waals surface area contributed by atoms with Crippen LogP contribution in [0.25, 0.3) is 0 Å². The molecule has 0 spiro atoms. The first-order chi connectivity index (χ1) is 11.6. The first kappa shape index (κ1) is 17.7. The SMILES string of the molecule is COc1ccc(C)cc1NC(=O)CCc1ccc(OC)c(OC)c1. The van der Waals surface area contributed by atoms with Gasteiger partial charge in [-0.05, 0) is 48.7 Å². The summed E-state index contributed by atoms with van der Waals surface area (Å²) in [6, 6.07) is 11.3.